The van der Waals surface area contributed by atoms with E-state index in [4.69, 9.17) is 5.11 Å². The van der Waals surface area contributed by atoms with E-state index in [2.05, 4.69) is 47.4 Å². The molecule has 0 aliphatic heterocycles. The molecule has 0 aromatic heterocycles. The Morgan fingerprint density at radius 1 is 0.780 bits per heavy atom. The monoisotopic (exact) mass is 697 g/mol. The maximum absolute atomic E-state index is 13.6. The number of urea groups is 1. The zero-order chi connectivity index (χ0) is 36.8. The zero-order valence-corrected chi connectivity index (χ0v) is 29.0. The molecule has 1 aliphatic rings. The quantitative estimate of drug-likeness (QED) is 0.106. The van der Waals surface area contributed by atoms with Crippen molar-refractivity contribution in [2.75, 3.05) is 13.1 Å². The molecule has 14 heteroatoms. The third-order valence-electron chi connectivity index (χ3n) is 8.87. The van der Waals surface area contributed by atoms with Crippen LogP contribution in [0.25, 0.3) is 10.8 Å². The second-order valence-corrected chi connectivity index (χ2v) is 14.0. The number of carbonyl (C=O) groups is 6. The maximum atomic E-state index is 13.6. The Kier molecular flexibility index (Phi) is 15.0. The van der Waals surface area contributed by atoms with Gasteiger partial charge in [-0.3, -0.25) is 14.4 Å². The molecule has 3 rings (SSSR count). The third kappa shape index (κ3) is 13.3. The molecule has 1 fully saturated rings. The molecule has 14 nitrogen and oxygen atoms in total. The van der Waals surface area contributed by atoms with Gasteiger partial charge in [-0.15, -0.1) is 0 Å². The molecular weight excluding hydrogens is 646 g/mol. The minimum Gasteiger partial charge on any atom is -0.481 e. The Morgan fingerprint density at radius 2 is 1.40 bits per heavy atom. The lowest BCUT2D eigenvalue weighted by Crippen LogP contribution is -2.51. The first-order valence-electron chi connectivity index (χ1n) is 17.2. The first kappa shape index (κ1) is 39.7. The van der Waals surface area contributed by atoms with Crippen molar-refractivity contribution in [1.29, 1.82) is 0 Å². The minimum atomic E-state index is -1.50. The fraction of sp³-hybridized carbons (Fsp3) is 0.556. The molecular formula is C36H51N5O9. The van der Waals surface area contributed by atoms with Gasteiger partial charge < -0.3 is 41.9 Å². The van der Waals surface area contributed by atoms with E-state index in [1.54, 1.807) is 0 Å². The molecule has 2 aromatic carbocycles. The molecule has 3 atom stereocenters. The molecule has 0 spiro atoms. The predicted molar refractivity (Wildman–Crippen MR) is 186 cm³/mol. The molecule has 0 saturated heterocycles. The van der Waals surface area contributed by atoms with Crippen LogP contribution in [0.1, 0.15) is 90.2 Å². The van der Waals surface area contributed by atoms with Crippen molar-refractivity contribution in [2.24, 2.45) is 11.8 Å². The van der Waals surface area contributed by atoms with E-state index >= 15 is 0 Å². The van der Waals surface area contributed by atoms with Crippen molar-refractivity contribution in [3.63, 3.8) is 0 Å². The van der Waals surface area contributed by atoms with Crippen molar-refractivity contribution in [3.8, 4) is 0 Å². The largest absolute Gasteiger partial charge is 0.481 e. The van der Waals surface area contributed by atoms with Crippen LogP contribution in [0.5, 0.6) is 0 Å². The summed E-state index contributed by atoms with van der Waals surface area (Å²) >= 11 is 0. The van der Waals surface area contributed by atoms with Crippen molar-refractivity contribution in [1.82, 2.24) is 26.6 Å². The molecule has 0 unspecified atom stereocenters. The van der Waals surface area contributed by atoms with Crippen molar-refractivity contribution in [2.45, 2.75) is 102 Å². The first-order valence-corrected chi connectivity index (χ1v) is 17.2. The van der Waals surface area contributed by atoms with E-state index in [9.17, 15) is 39.0 Å². The lowest BCUT2D eigenvalue weighted by molar-refractivity contribution is -0.141. The van der Waals surface area contributed by atoms with Gasteiger partial charge in [0.05, 0.1) is 0 Å². The molecule has 8 N–H and O–H groups in total. The van der Waals surface area contributed by atoms with Crippen molar-refractivity contribution < 1.29 is 44.1 Å². The van der Waals surface area contributed by atoms with Crippen LogP contribution in [0, 0.1) is 11.8 Å². The van der Waals surface area contributed by atoms with E-state index in [-0.39, 0.29) is 36.8 Å². The average molecular weight is 698 g/mol. The number of fused-ring (bicyclic) bond motifs is 1. The van der Waals surface area contributed by atoms with Crippen LogP contribution in [0.4, 0.5) is 4.79 Å². The summed E-state index contributed by atoms with van der Waals surface area (Å²) < 4.78 is 0. The number of carboxylic acid groups (broad SMARTS) is 3. The summed E-state index contributed by atoms with van der Waals surface area (Å²) in [7, 11) is 0. The summed E-state index contributed by atoms with van der Waals surface area (Å²) in [5, 5.41) is 43.2. The fourth-order valence-corrected chi connectivity index (χ4v) is 5.95. The number of carbonyl (C=O) groups excluding carboxylic acids is 3. The Labute approximate surface area is 292 Å². The van der Waals surface area contributed by atoms with Crippen molar-refractivity contribution in [3.05, 3.63) is 48.0 Å². The maximum Gasteiger partial charge on any atom is 0.326 e. The van der Waals surface area contributed by atoms with E-state index in [0.717, 1.165) is 43.0 Å². The predicted octanol–water partition coefficient (Wildman–Crippen LogP) is 3.55. The summed E-state index contributed by atoms with van der Waals surface area (Å²) in [6.07, 6.45) is 3.11. The second kappa shape index (κ2) is 18.9. The van der Waals surface area contributed by atoms with Gasteiger partial charge in [-0.1, -0.05) is 36.4 Å². The smallest absolute Gasteiger partial charge is 0.326 e. The molecule has 1 saturated carbocycles. The van der Waals surface area contributed by atoms with Gasteiger partial charge in [0, 0.05) is 24.4 Å². The van der Waals surface area contributed by atoms with Crippen LogP contribution in [0.3, 0.4) is 0 Å². The van der Waals surface area contributed by atoms with E-state index in [1.807, 2.05) is 42.5 Å². The van der Waals surface area contributed by atoms with E-state index < -0.39 is 54.4 Å². The standard InChI is InChI=1S/C36H51N5O9/c1-36(2,3)38-21-22-11-13-24(14-12-22)31(44)41-30(26-16-15-23-8-4-5-9-25(23)20-26)32(45)37-19-7-6-10-27(33(46)47)39-35(50)40-28(34(48)49)17-18-29(42)43/h4-5,8-9,15-16,20,22,24,27-28,30,38H,6-7,10-14,17-19,21H2,1-3H3,(H,37,45)(H,41,44)(H,42,43)(H,46,47)(H,48,49)(H2,39,40,50)/t22?,24?,27-,28-,30-/m0/s1. The average Bonchev–Trinajstić information content (AvgIpc) is 3.06. The van der Waals surface area contributed by atoms with Gasteiger partial charge in [-0.2, -0.15) is 0 Å². The molecule has 4 amide bonds. The number of benzene rings is 2. The summed E-state index contributed by atoms with van der Waals surface area (Å²) in [5.41, 5.74) is 0.667. The number of amides is 4. The lowest BCUT2D eigenvalue weighted by Gasteiger charge is -2.31. The van der Waals surface area contributed by atoms with E-state index in [1.165, 1.54) is 0 Å². The van der Waals surface area contributed by atoms with Gasteiger partial charge in [0.2, 0.25) is 11.8 Å². The van der Waals surface area contributed by atoms with Gasteiger partial charge >= 0.3 is 23.9 Å². The molecule has 50 heavy (non-hydrogen) atoms. The number of hydrogen-bond donors (Lipinski definition) is 8. The van der Waals surface area contributed by atoms with Gasteiger partial charge in [0.1, 0.15) is 18.1 Å². The Hall–Kier alpha value is -4.72. The molecule has 0 heterocycles. The summed E-state index contributed by atoms with van der Waals surface area (Å²) in [5.74, 6) is -4.28. The number of rotatable bonds is 18. The van der Waals surface area contributed by atoms with Crippen LogP contribution < -0.4 is 26.6 Å². The summed E-state index contributed by atoms with van der Waals surface area (Å²) in [6, 6.07) is 8.52. The normalized spacial score (nSPS) is 17.9. The second-order valence-electron chi connectivity index (χ2n) is 14.0. The van der Waals surface area contributed by atoms with Gasteiger partial charge in [-0.25, -0.2) is 14.4 Å². The highest BCUT2D eigenvalue weighted by molar-refractivity contribution is 5.91. The van der Waals surface area contributed by atoms with Crippen LogP contribution in [-0.2, 0) is 24.0 Å². The number of carboxylic acids is 3. The topological polar surface area (TPSA) is 223 Å². The molecule has 0 radical (unpaired) electrons. The highest BCUT2D eigenvalue weighted by atomic mass is 16.4. The van der Waals surface area contributed by atoms with Gasteiger partial charge in [-0.05, 0) is 107 Å². The number of aliphatic carboxylic acids is 3. The zero-order valence-electron chi connectivity index (χ0n) is 29.0. The Morgan fingerprint density at radius 3 is 2.00 bits per heavy atom. The number of nitrogens with one attached hydrogen (secondary N) is 5. The SMILES string of the molecule is CC(C)(C)NCC1CCC(C(=O)N[C@H](C(=O)NCCCC[C@H](NC(=O)N[C@@H](CCC(=O)O)C(=O)O)C(=O)O)c2ccc3ccccc3c2)CC1. The van der Waals surface area contributed by atoms with Crippen LogP contribution in [0.15, 0.2) is 42.5 Å². The van der Waals surface area contributed by atoms with Gasteiger partial charge in [0.15, 0.2) is 0 Å². The van der Waals surface area contributed by atoms with Crippen LogP contribution in [-0.4, -0.2) is 81.8 Å². The Balaban J connectivity index is 1.56. The van der Waals surface area contributed by atoms with Crippen molar-refractivity contribution >= 4 is 46.5 Å². The molecule has 0 bridgehead atoms. The van der Waals surface area contributed by atoms with Crippen LogP contribution >= 0.6 is 0 Å². The number of unbranched alkanes of at least 4 members (excludes halogenated alkanes) is 1. The highest BCUT2D eigenvalue weighted by Gasteiger charge is 2.31. The lowest BCUT2D eigenvalue weighted by atomic mass is 9.81. The van der Waals surface area contributed by atoms with E-state index in [0.29, 0.717) is 24.3 Å². The highest BCUT2D eigenvalue weighted by Crippen LogP contribution is 2.30. The third-order valence-corrected chi connectivity index (χ3v) is 8.87. The minimum absolute atomic E-state index is 0.00965. The Bertz CT molecular complexity index is 1500. The molecule has 2 aromatic rings. The van der Waals surface area contributed by atoms with Gasteiger partial charge in [0.25, 0.3) is 0 Å². The summed E-state index contributed by atoms with van der Waals surface area (Å²) in [6.45, 7) is 7.47. The first-order chi connectivity index (χ1) is 23.6. The van der Waals surface area contributed by atoms with Crippen LogP contribution in [0.2, 0.25) is 0 Å². The number of hydrogen-bond acceptors (Lipinski definition) is 7. The molecule has 274 valence electrons. The summed E-state index contributed by atoms with van der Waals surface area (Å²) in [4.78, 5) is 73.2. The fourth-order valence-electron chi connectivity index (χ4n) is 5.95. The molecule has 1 aliphatic carbocycles.